The zero-order chi connectivity index (χ0) is 16.7. The minimum Gasteiger partial charge on any atom is -0.304 e. The lowest BCUT2D eigenvalue weighted by molar-refractivity contribution is 0.110. The van der Waals surface area contributed by atoms with Gasteiger partial charge >= 0.3 is 0 Å². The van der Waals surface area contributed by atoms with Crippen LogP contribution in [0.15, 0.2) is 42.5 Å². The molecule has 0 unspecified atom stereocenters. The highest BCUT2D eigenvalue weighted by Gasteiger charge is 2.36. The average Bonchev–Trinajstić information content (AvgIpc) is 2.98. The summed E-state index contributed by atoms with van der Waals surface area (Å²) in [6.07, 6.45) is 1.13. The highest BCUT2D eigenvalue weighted by atomic mass is 35.5. The molecule has 0 N–H and O–H groups in total. The van der Waals surface area contributed by atoms with Gasteiger partial charge in [-0.15, -0.1) is 0 Å². The minimum absolute atomic E-state index is 0.403. The molecule has 2 aromatic rings. The molecule has 4 heteroatoms. The number of halogens is 2. The molecule has 1 heterocycles. The van der Waals surface area contributed by atoms with E-state index in [2.05, 4.69) is 47.2 Å². The fraction of sp³-hybridized carbons (Fsp3) is 0.400. The SMILES string of the molecule is CN1CCN([C@@H]2C[C@H](c3ccc(Cl)c(Cl)c3)c3ccccc32)CC1. The van der Waals surface area contributed by atoms with Crippen molar-refractivity contribution < 1.29 is 0 Å². The maximum Gasteiger partial charge on any atom is 0.0595 e. The Morgan fingerprint density at radius 3 is 2.29 bits per heavy atom. The van der Waals surface area contributed by atoms with Gasteiger partial charge in [-0.3, -0.25) is 4.90 Å². The zero-order valence-corrected chi connectivity index (χ0v) is 15.4. The molecule has 0 radical (unpaired) electrons. The molecule has 2 aromatic carbocycles. The van der Waals surface area contributed by atoms with Gasteiger partial charge in [0.25, 0.3) is 0 Å². The summed E-state index contributed by atoms with van der Waals surface area (Å²) in [4.78, 5) is 5.06. The summed E-state index contributed by atoms with van der Waals surface area (Å²) in [7, 11) is 2.21. The Hall–Kier alpha value is -1.06. The van der Waals surface area contributed by atoms with Gasteiger partial charge in [0.05, 0.1) is 10.0 Å². The minimum atomic E-state index is 0.403. The van der Waals surface area contributed by atoms with E-state index in [4.69, 9.17) is 23.2 Å². The van der Waals surface area contributed by atoms with E-state index in [1.54, 1.807) is 0 Å². The first-order chi connectivity index (χ1) is 11.6. The van der Waals surface area contributed by atoms with Crippen molar-refractivity contribution in [3.63, 3.8) is 0 Å². The molecule has 1 aliphatic carbocycles. The van der Waals surface area contributed by atoms with Gasteiger partial charge in [0, 0.05) is 38.1 Å². The number of hydrogen-bond acceptors (Lipinski definition) is 2. The number of piperazine rings is 1. The Morgan fingerprint density at radius 1 is 0.875 bits per heavy atom. The van der Waals surface area contributed by atoms with Gasteiger partial charge in [0.1, 0.15) is 0 Å². The topological polar surface area (TPSA) is 6.48 Å². The molecule has 1 fully saturated rings. The van der Waals surface area contributed by atoms with E-state index in [1.807, 2.05) is 12.1 Å². The number of likely N-dealkylation sites (N-methyl/N-ethyl adjacent to an activating group) is 1. The fourth-order valence-electron chi connectivity index (χ4n) is 4.13. The van der Waals surface area contributed by atoms with E-state index in [-0.39, 0.29) is 0 Å². The predicted molar refractivity (Wildman–Crippen MR) is 101 cm³/mol. The molecular formula is C20H22Cl2N2. The third-order valence-electron chi connectivity index (χ3n) is 5.51. The summed E-state index contributed by atoms with van der Waals surface area (Å²) in [6.45, 7) is 4.58. The molecule has 126 valence electrons. The van der Waals surface area contributed by atoms with Crippen LogP contribution in [0.4, 0.5) is 0 Å². The lowest BCUT2D eigenvalue weighted by atomic mass is 9.93. The van der Waals surface area contributed by atoms with Crippen LogP contribution in [-0.2, 0) is 0 Å². The molecule has 2 aliphatic rings. The van der Waals surface area contributed by atoms with E-state index in [0.717, 1.165) is 32.6 Å². The largest absolute Gasteiger partial charge is 0.304 e. The Balaban J connectivity index is 1.67. The number of benzene rings is 2. The van der Waals surface area contributed by atoms with Crippen LogP contribution in [-0.4, -0.2) is 43.0 Å². The normalized spacial score (nSPS) is 25.0. The van der Waals surface area contributed by atoms with E-state index < -0.39 is 0 Å². The molecule has 0 bridgehead atoms. The number of fused-ring (bicyclic) bond motifs is 1. The van der Waals surface area contributed by atoms with Crippen molar-refractivity contribution in [1.29, 1.82) is 0 Å². The van der Waals surface area contributed by atoms with Gasteiger partial charge in [-0.25, -0.2) is 0 Å². The molecular weight excluding hydrogens is 339 g/mol. The van der Waals surface area contributed by atoms with Crippen molar-refractivity contribution in [3.8, 4) is 0 Å². The molecule has 0 spiro atoms. The van der Waals surface area contributed by atoms with Gasteiger partial charge in [0.2, 0.25) is 0 Å². The Bertz CT molecular complexity index is 738. The van der Waals surface area contributed by atoms with Crippen LogP contribution in [0, 0.1) is 0 Å². The van der Waals surface area contributed by atoms with Crippen LogP contribution >= 0.6 is 23.2 Å². The van der Waals surface area contributed by atoms with Crippen molar-refractivity contribution in [2.45, 2.75) is 18.4 Å². The van der Waals surface area contributed by atoms with Crippen LogP contribution in [0.3, 0.4) is 0 Å². The van der Waals surface area contributed by atoms with Crippen LogP contribution < -0.4 is 0 Å². The van der Waals surface area contributed by atoms with Crippen molar-refractivity contribution in [1.82, 2.24) is 9.80 Å². The van der Waals surface area contributed by atoms with Crippen LogP contribution in [0.5, 0.6) is 0 Å². The van der Waals surface area contributed by atoms with Crippen molar-refractivity contribution >= 4 is 23.2 Å². The summed E-state index contributed by atoms with van der Waals surface area (Å²) in [5, 5.41) is 1.28. The Labute approximate surface area is 154 Å². The summed E-state index contributed by atoms with van der Waals surface area (Å²) < 4.78 is 0. The van der Waals surface area contributed by atoms with Gasteiger partial charge in [-0.2, -0.15) is 0 Å². The van der Waals surface area contributed by atoms with Gasteiger partial charge < -0.3 is 4.90 Å². The molecule has 4 rings (SSSR count). The molecule has 0 saturated carbocycles. The number of rotatable bonds is 2. The quantitative estimate of drug-likeness (QED) is 0.757. The first-order valence-electron chi connectivity index (χ1n) is 8.60. The summed E-state index contributed by atoms with van der Waals surface area (Å²) in [5.74, 6) is 0.403. The van der Waals surface area contributed by atoms with E-state index in [1.165, 1.54) is 16.7 Å². The van der Waals surface area contributed by atoms with Crippen molar-refractivity contribution in [2.75, 3.05) is 33.2 Å². The number of nitrogens with zero attached hydrogens (tertiary/aromatic N) is 2. The molecule has 1 saturated heterocycles. The van der Waals surface area contributed by atoms with E-state index >= 15 is 0 Å². The summed E-state index contributed by atoms with van der Waals surface area (Å²) in [6, 6.07) is 15.5. The predicted octanol–water partition coefficient (Wildman–Crippen LogP) is 4.82. The molecule has 2 nitrogen and oxygen atoms in total. The molecule has 24 heavy (non-hydrogen) atoms. The first-order valence-corrected chi connectivity index (χ1v) is 9.35. The molecule has 1 aliphatic heterocycles. The van der Waals surface area contributed by atoms with Crippen LogP contribution in [0.1, 0.15) is 35.1 Å². The summed E-state index contributed by atoms with van der Waals surface area (Å²) >= 11 is 12.4. The second-order valence-electron chi connectivity index (χ2n) is 6.95. The van der Waals surface area contributed by atoms with E-state index in [9.17, 15) is 0 Å². The lowest BCUT2D eigenvalue weighted by Gasteiger charge is -2.37. The second kappa shape index (κ2) is 6.68. The standard InChI is InChI=1S/C20H22Cl2N2/c1-23-8-10-24(11-9-23)20-13-17(15-4-2-3-5-16(15)20)14-6-7-18(21)19(22)12-14/h2-7,12,17,20H,8-11,13H2,1H3/t17-,20-/m1/s1. The second-order valence-corrected chi connectivity index (χ2v) is 7.76. The van der Waals surface area contributed by atoms with Crippen molar-refractivity contribution in [3.05, 3.63) is 69.2 Å². The lowest BCUT2D eigenvalue weighted by Crippen LogP contribution is -2.45. The zero-order valence-electron chi connectivity index (χ0n) is 13.9. The van der Waals surface area contributed by atoms with Gasteiger partial charge in [-0.1, -0.05) is 53.5 Å². The highest BCUT2D eigenvalue weighted by molar-refractivity contribution is 6.42. The van der Waals surface area contributed by atoms with Gasteiger partial charge in [-0.05, 0) is 42.3 Å². The van der Waals surface area contributed by atoms with E-state index in [0.29, 0.717) is 22.0 Å². The monoisotopic (exact) mass is 360 g/mol. The average molecular weight is 361 g/mol. The molecule has 2 atom stereocenters. The smallest absolute Gasteiger partial charge is 0.0595 e. The van der Waals surface area contributed by atoms with Crippen molar-refractivity contribution in [2.24, 2.45) is 0 Å². The van der Waals surface area contributed by atoms with Gasteiger partial charge in [0.15, 0.2) is 0 Å². The van der Waals surface area contributed by atoms with Crippen LogP contribution in [0.25, 0.3) is 0 Å². The Morgan fingerprint density at radius 2 is 1.58 bits per heavy atom. The third-order valence-corrected chi connectivity index (χ3v) is 6.25. The number of hydrogen-bond donors (Lipinski definition) is 0. The molecule has 0 aromatic heterocycles. The van der Waals surface area contributed by atoms with Crippen LogP contribution in [0.2, 0.25) is 10.0 Å². The maximum absolute atomic E-state index is 6.27. The fourth-order valence-corrected chi connectivity index (χ4v) is 4.44. The third kappa shape index (κ3) is 2.97. The molecule has 0 amide bonds. The maximum atomic E-state index is 6.27. The Kier molecular flexibility index (Phi) is 4.57. The summed E-state index contributed by atoms with van der Waals surface area (Å²) in [5.41, 5.74) is 4.20. The first kappa shape index (κ1) is 16.4. The highest BCUT2D eigenvalue weighted by Crippen LogP contribution is 2.47.